The molecule has 0 spiro atoms. The van der Waals surface area contributed by atoms with Crippen molar-refractivity contribution in [3.8, 4) is 0 Å². The number of alkyl halides is 1. The summed E-state index contributed by atoms with van der Waals surface area (Å²) in [6.45, 7) is 7.96. The lowest BCUT2D eigenvalue weighted by Gasteiger charge is -2.13. The van der Waals surface area contributed by atoms with Crippen LogP contribution in [0, 0.1) is 5.92 Å². The maximum absolute atomic E-state index is 6.05. The van der Waals surface area contributed by atoms with Gasteiger partial charge in [-0.1, -0.05) is 13.8 Å². The minimum atomic E-state index is 0.203. The molecule has 0 saturated carbocycles. The standard InChI is InChI=1S/C10H22ClNO2/c1-9(2)10(11)8-12-4-5-14-7-6-13-3/h9-10,12H,4-8H2,1-3H3. The van der Waals surface area contributed by atoms with E-state index in [1.807, 2.05) is 0 Å². The molecule has 0 aromatic carbocycles. The SMILES string of the molecule is COCCOCCNCC(Cl)C(C)C. The largest absolute Gasteiger partial charge is 0.382 e. The van der Waals surface area contributed by atoms with Crippen molar-refractivity contribution in [3.05, 3.63) is 0 Å². The highest BCUT2D eigenvalue weighted by molar-refractivity contribution is 6.20. The Morgan fingerprint density at radius 2 is 1.93 bits per heavy atom. The molecule has 0 aromatic heterocycles. The van der Waals surface area contributed by atoms with Gasteiger partial charge in [-0.3, -0.25) is 0 Å². The molecule has 0 bridgehead atoms. The van der Waals surface area contributed by atoms with Crippen LogP contribution in [-0.4, -0.2) is 45.4 Å². The molecule has 1 atom stereocenters. The monoisotopic (exact) mass is 223 g/mol. The van der Waals surface area contributed by atoms with Crippen LogP contribution in [0.4, 0.5) is 0 Å². The van der Waals surface area contributed by atoms with E-state index >= 15 is 0 Å². The van der Waals surface area contributed by atoms with Crippen LogP contribution in [0.2, 0.25) is 0 Å². The quantitative estimate of drug-likeness (QED) is 0.475. The van der Waals surface area contributed by atoms with Crippen molar-refractivity contribution < 1.29 is 9.47 Å². The average molecular weight is 224 g/mol. The van der Waals surface area contributed by atoms with Crippen molar-refractivity contribution >= 4 is 11.6 Å². The second-order valence-corrected chi connectivity index (χ2v) is 4.13. The van der Waals surface area contributed by atoms with Crippen molar-refractivity contribution in [2.45, 2.75) is 19.2 Å². The molecule has 4 heteroatoms. The third-order valence-corrected chi connectivity index (χ3v) is 2.58. The summed E-state index contributed by atoms with van der Waals surface area (Å²) < 4.78 is 10.1. The van der Waals surface area contributed by atoms with Crippen LogP contribution in [0.1, 0.15) is 13.8 Å². The van der Waals surface area contributed by atoms with Crippen LogP contribution >= 0.6 is 11.6 Å². The van der Waals surface area contributed by atoms with E-state index in [0.29, 0.717) is 25.7 Å². The summed E-state index contributed by atoms with van der Waals surface area (Å²) >= 11 is 6.05. The number of rotatable bonds is 9. The Morgan fingerprint density at radius 3 is 2.50 bits per heavy atom. The van der Waals surface area contributed by atoms with Gasteiger partial charge < -0.3 is 14.8 Å². The van der Waals surface area contributed by atoms with E-state index in [-0.39, 0.29) is 5.38 Å². The van der Waals surface area contributed by atoms with E-state index in [1.165, 1.54) is 0 Å². The van der Waals surface area contributed by atoms with Crippen molar-refractivity contribution in [2.24, 2.45) is 5.92 Å². The molecule has 0 saturated heterocycles. The molecule has 14 heavy (non-hydrogen) atoms. The third-order valence-electron chi connectivity index (χ3n) is 1.92. The highest BCUT2D eigenvalue weighted by Gasteiger charge is 2.07. The molecule has 0 aliphatic carbocycles. The molecular weight excluding hydrogens is 202 g/mol. The molecule has 0 heterocycles. The first-order valence-electron chi connectivity index (χ1n) is 5.10. The zero-order valence-corrected chi connectivity index (χ0v) is 10.1. The van der Waals surface area contributed by atoms with E-state index in [0.717, 1.165) is 13.1 Å². The van der Waals surface area contributed by atoms with Crippen LogP contribution in [0.5, 0.6) is 0 Å². The fourth-order valence-corrected chi connectivity index (χ4v) is 0.973. The number of hydrogen-bond donors (Lipinski definition) is 1. The van der Waals surface area contributed by atoms with Crippen LogP contribution in [0.15, 0.2) is 0 Å². The minimum absolute atomic E-state index is 0.203. The first-order chi connectivity index (χ1) is 6.68. The van der Waals surface area contributed by atoms with Gasteiger partial charge >= 0.3 is 0 Å². The lowest BCUT2D eigenvalue weighted by Crippen LogP contribution is -2.29. The first-order valence-corrected chi connectivity index (χ1v) is 5.53. The molecule has 0 aromatic rings. The Hall–Kier alpha value is 0.170. The van der Waals surface area contributed by atoms with Gasteiger partial charge in [-0.2, -0.15) is 0 Å². The molecule has 0 amide bonds. The molecule has 3 nitrogen and oxygen atoms in total. The van der Waals surface area contributed by atoms with Crippen LogP contribution < -0.4 is 5.32 Å². The highest BCUT2D eigenvalue weighted by Crippen LogP contribution is 2.07. The van der Waals surface area contributed by atoms with E-state index in [9.17, 15) is 0 Å². The van der Waals surface area contributed by atoms with E-state index in [4.69, 9.17) is 21.1 Å². The molecule has 0 fully saturated rings. The molecule has 1 N–H and O–H groups in total. The Morgan fingerprint density at radius 1 is 1.21 bits per heavy atom. The molecule has 1 unspecified atom stereocenters. The summed E-state index contributed by atoms with van der Waals surface area (Å²) in [5.74, 6) is 0.513. The van der Waals surface area contributed by atoms with Crippen molar-refractivity contribution in [1.29, 1.82) is 0 Å². The summed E-state index contributed by atoms with van der Waals surface area (Å²) in [4.78, 5) is 0. The van der Waals surface area contributed by atoms with Gasteiger partial charge in [-0.25, -0.2) is 0 Å². The van der Waals surface area contributed by atoms with Gasteiger partial charge in [0.15, 0.2) is 0 Å². The van der Waals surface area contributed by atoms with E-state index < -0.39 is 0 Å². The van der Waals surface area contributed by atoms with Gasteiger partial charge in [-0.05, 0) is 5.92 Å². The van der Waals surface area contributed by atoms with Gasteiger partial charge in [0.2, 0.25) is 0 Å². The maximum Gasteiger partial charge on any atom is 0.0700 e. The fourth-order valence-electron chi connectivity index (χ4n) is 0.864. The van der Waals surface area contributed by atoms with Gasteiger partial charge in [0.05, 0.1) is 19.8 Å². The number of halogens is 1. The average Bonchev–Trinajstić information content (AvgIpc) is 2.16. The maximum atomic E-state index is 6.05. The number of ether oxygens (including phenoxy) is 2. The van der Waals surface area contributed by atoms with Crippen molar-refractivity contribution in [2.75, 3.05) is 40.0 Å². The third kappa shape index (κ3) is 8.75. The van der Waals surface area contributed by atoms with Crippen LogP contribution in [0.25, 0.3) is 0 Å². The summed E-state index contributed by atoms with van der Waals surface area (Å²) in [6, 6.07) is 0. The molecular formula is C10H22ClNO2. The summed E-state index contributed by atoms with van der Waals surface area (Å²) in [6.07, 6.45) is 0. The summed E-state index contributed by atoms with van der Waals surface area (Å²) in [7, 11) is 1.67. The normalized spacial score (nSPS) is 13.5. The zero-order valence-electron chi connectivity index (χ0n) is 9.38. The first kappa shape index (κ1) is 14.2. The lowest BCUT2D eigenvalue weighted by atomic mass is 10.1. The van der Waals surface area contributed by atoms with Gasteiger partial charge in [0, 0.05) is 25.6 Å². The smallest absolute Gasteiger partial charge is 0.0700 e. The van der Waals surface area contributed by atoms with Gasteiger partial charge in [-0.15, -0.1) is 11.6 Å². The van der Waals surface area contributed by atoms with Gasteiger partial charge in [0.1, 0.15) is 0 Å². The van der Waals surface area contributed by atoms with Crippen LogP contribution in [0.3, 0.4) is 0 Å². The Kier molecular flexibility index (Phi) is 9.83. The Labute approximate surface area is 92.1 Å². The molecule has 0 rings (SSSR count). The van der Waals surface area contributed by atoms with Gasteiger partial charge in [0.25, 0.3) is 0 Å². The second-order valence-electron chi connectivity index (χ2n) is 3.57. The topological polar surface area (TPSA) is 30.5 Å². The lowest BCUT2D eigenvalue weighted by molar-refractivity contribution is 0.0720. The summed E-state index contributed by atoms with van der Waals surface area (Å²) in [5, 5.41) is 3.45. The predicted octanol–water partition coefficient (Wildman–Crippen LogP) is 1.50. The fraction of sp³-hybridized carbons (Fsp3) is 1.00. The molecule has 0 aliphatic heterocycles. The molecule has 0 radical (unpaired) electrons. The molecule has 0 aliphatic rings. The highest BCUT2D eigenvalue weighted by atomic mass is 35.5. The number of nitrogens with one attached hydrogen (secondary N) is 1. The zero-order chi connectivity index (χ0) is 10.8. The van der Waals surface area contributed by atoms with E-state index in [1.54, 1.807) is 7.11 Å². The molecule has 86 valence electrons. The second kappa shape index (κ2) is 9.71. The predicted molar refractivity (Wildman–Crippen MR) is 60.0 cm³/mol. The van der Waals surface area contributed by atoms with Crippen molar-refractivity contribution in [3.63, 3.8) is 0 Å². The van der Waals surface area contributed by atoms with Crippen molar-refractivity contribution in [1.82, 2.24) is 5.32 Å². The van der Waals surface area contributed by atoms with Crippen LogP contribution in [-0.2, 0) is 9.47 Å². The Bertz CT molecular complexity index is 123. The minimum Gasteiger partial charge on any atom is -0.382 e. The number of hydrogen-bond acceptors (Lipinski definition) is 3. The Balaban J connectivity index is 3.06. The van der Waals surface area contributed by atoms with E-state index in [2.05, 4.69) is 19.2 Å². The number of methoxy groups -OCH3 is 1. The summed E-state index contributed by atoms with van der Waals surface area (Å²) in [5.41, 5.74) is 0.